The summed E-state index contributed by atoms with van der Waals surface area (Å²) in [7, 11) is 0. The Morgan fingerprint density at radius 1 is 1.02 bits per heavy atom. The zero-order valence-corrected chi connectivity index (χ0v) is 24.1. The molecule has 0 aromatic heterocycles. The maximum Gasteiger partial charge on any atom is 0.246 e. The van der Waals surface area contributed by atoms with Crippen molar-refractivity contribution in [2.45, 2.75) is 43.8 Å². The highest BCUT2D eigenvalue weighted by molar-refractivity contribution is 5.91. The fourth-order valence-electron chi connectivity index (χ4n) is 6.73. The molecule has 3 aromatic rings. The first-order chi connectivity index (χ1) is 20.5. The lowest BCUT2D eigenvalue weighted by Gasteiger charge is -2.41. The average molecular weight is 570 g/mol. The summed E-state index contributed by atoms with van der Waals surface area (Å²) in [6, 6.07) is 22.9. The van der Waals surface area contributed by atoms with Crippen LogP contribution in [0.15, 0.2) is 78.9 Å². The SMILES string of the molecule is O=C(C=Cc1ccc(F)c(OCc2ccccc2)c1)N1CCC(C(O)CN2CCC3(CC2)CNc2ccccc23)CC1. The maximum absolute atomic E-state index is 14.3. The fourth-order valence-corrected chi connectivity index (χ4v) is 6.73. The number of nitrogens with one attached hydrogen (secondary N) is 1. The Hall–Kier alpha value is -3.68. The van der Waals surface area contributed by atoms with Gasteiger partial charge in [0.2, 0.25) is 5.91 Å². The van der Waals surface area contributed by atoms with Crippen LogP contribution in [0.1, 0.15) is 42.4 Å². The lowest BCUT2D eigenvalue weighted by molar-refractivity contribution is -0.128. The molecule has 0 aliphatic carbocycles. The number of piperidine rings is 2. The number of para-hydroxylation sites is 1. The largest absolute Gasteiger partial charge is 0.486 e. The summed E-state index contributed by atoms with van der Waals surface area (Å²) in [5, 5.41) is 14.7. The molecule has 2 saturated heterocycles. The number of halogens is 1. The van der Waals surface area contributed by atoms with E-state index in [1.165, 1.54) is 17.3 Å². The Bertz CT molecular complexity index is 1400. The molecular formula is C35H40FN3O3. The zero-order valence-electron chi connectivity index (χ0n) is 24.1. The Morgan fingerprint density at radius 2 is 1.76 bits per heavy atom. The van der Waals surface area contributed by atoms with Gasteiger partial charge in [-0.1, -0.05) is 54.6 Å². The second-order valence-electron chi connectivity index (χ2n) is 12.0. The van der Waals surface area contributed by atoms with Crippen LogP contribution < -0.4 is 10.1 Å². The van der Waals surface area contributed by atoms with Crippen molar-refractivity contribution in [3.05, 3.63) is 101 Å². The van der Waals surface area contributed by atoms with E-state index >= 15 is 0 Å². The zero-order chi connectivity index (χ0) is 28.9. The van der Waals surface area contributed by atoms with E-state index in [1.807, 2.05) is 35.2 Å². The maximum atomic E-state index is 14.3. The Morgan fingerprint density at radius 3 is 2.55 bits per heavy atom. The molecule has 42 heavy (non-hydrogen) atoms. The van der Waals surface area contributed by atoms with E-state index in [2.05, 4.69) is 34.5 Å². The van der Waals surface area contributed by atoms with E-state index in [1.54, 1.807) is 24.3 Å². The molecule has 3 aromatic carbocycles. The van der Waals surface area contributed by atoms with E-state index < -0.39 is 5.82 Å². The summed E-state index contributed by atoms with van der Waals surface area (Å²) in [6.07, 6.45) is 6.68. The molecule has 6 rings (SSSR count). The van der Waals surface area contributed by atoms with E-state index in [4.69, 9.17) is 4.74 Å². The normalized spacial score (nSPS) is 19.5. The number of benzene rings is 3. The summed E-state index contributed by atoms with van der Waals surface area (Å²) in [5.74, 6) is -0.133. The van der Waals surface area contributed by atoms with E-state index in [9.17, 15) is 14.3 Å². The molecular weight excluding hydrogens is 529 g/mol. The van der Waals surface area contributed by atoms with Crippen LogP contribution in [0.3, 0.4) is 0 Å². The van der Waals surface area contributed by atoms with Crippen LogP contribution in [0, 0.1) is 11.7 Å². The first kappa shape index (κ1) is 28.4. The molecule has 1 unspecified atom stereocenters. The third-order valence-electron chi connectivity index (χ3n) is 9.38. The highest BCUT2D eigenvalue weighted by Crippen LogP contribution is 2.43. The number of hydrogen-bond acceptors (Lipinski definition) is 5. The second kappa shape index (κ2) is 12.7. The molecule has 7 heteroatoms. The van der Waals surface area contributed by atoms with E-state index in [0.29, 0.717) is 25.2 Å². The second-order valence-corrected chi connectivity index (χ2v) is 12.0. The van der Waals surface area contributed by atoms with E-state index in [-0.39, 0.29) is 35.7 Å². The van der Waals surface area contributed by atoms with Crippen LogP contribution in [-0.4, -0.2) is 66.2 Å². The first-order valence-corrected chi connectivity index (χ1v) is 15.2. The van der Waals surface area contributed by atoms with Crippen molar-refractivity contribution >= 4 is 17.7 Å². The number of amides is 1. The van der Waals surface area contributed by atoms with Gasteiger partial charge in [0.25, 0.3) is 0 Å². The number of nitrogens with zero attached hydrogens (tertiary/aromatic N) is 2. The number of anilines is 1. The monoisotopic (exact) mass is 569 g/mol. The standard InChI is InChI=1S/C35H40FN3O3/c36-30-12-10-26(22-33(30)42-24-27-6-2-1-3-7-27)11-13-34(41)39-18-14-28(15-19-39)32(40)23-38-20-16-35(17-21-38)25-37-31-9-5-4-8-29(31)35/h1-13,22,28,32,37,40H,14-21,23-25H2. The molecule has 220 valence electrons. The lowest BCUT2D eigenvalue weighted by atomic mass is 9.74. The van der Waals surface area contributed by atoms with Crippen LogP contribution >= 0.6 is 0 Å². The average Bonchev–Trinajstić information content (AvgIpc) is 3.39. The summed E-state index contributed by atoms with van der Waals surface area (Å²) in [4.78, 5) is 17.1. The minimum Gasteiger partial charge on any atom is -0.486 e. The number of carbonyl (C=O) groups excluding carboxylic acids is 1. The third-order valence-corrected chi connectivity index (χ3v) is 9.38. The summed E-state index contributed by atoms with van der Waals surface area (Å²) >= 11 is 0. The predicted octanol–water partition coefficient (Wildman–Crippen LogP) is 5.48. The minimum atomic E-state index is -0.431. The Labute approximate surface area is 247 Å². The van der Waals surface area contributed by atoms with Gasteiger partial charge in [-0.3, -0.25) is 4.79 Å². The van der Waals surface area contributed by atoms with Crippen LogP contribution in [0.25, 0.3) is 6.08 Å². The van der Waals surface area contributed by atoms with Gasteiger partial charge in [-0.2, -0.15) is 0 Å². The van der Waals surface area contributed by atoms with Crippen molar-refractivity contribution in [3.8, 4) is 5.75 Å². The number of ether oxygens (including phenoxy) is 1. The van der Waals surface area contributed by atoms with Gasteiger partial charge in [0, 0.05) is 43.4 Å². The van der Waals surface area contributed by atoms with Gasteiger partial charge in [0.05, 0.1) is 6.10 Å². The van der Waals surface area contributed by atoms with Crippen LogP contribution in [-0.2, 0) is 16.8 Å². The quantitative estimate of drug-likeness (QED) is 0.352. The number of carbonyl (C=O) groups is 1. The molecule has 1 atom stereocenters. The van der Waals surface area contributed by atoms with Crippen molar-refractivity contribution in [2.75, 3.05) is 44.6 Å². The van der Waals surface area contributed by atoms with E-state index in [0.717, 1.165) is 50.9 Å². The van der Waals surface area contributed by atoms with Gasteiger partial charge in [-0.25, -0.2) is 4.39 Å². The van der Waals surface area contributed by atoms with Crippen LogP contribution in [0.2, 0.25) is 0 Å². The number of fused-ring (bicyclic) bond motifs is 2. The van der Waals surface area contributed by atoms with Crippen molar-refractivity contribution in [1.29, 1.82) is 0 Å². The molecule has 2 fully saturated rings. The number of aliphatic hydroxyl groups excluding tert-OH is 1. The topological polar surface area (TPSA) is 65.0 Å². The van der Waals surface area contributed by atoms with Crippen molar-refractivity contribution in [1.82, 2.24) is 9.80 Å². The summed E-state index contributed by atoms with van der Waals surface area (Å²) in [5.41, 5.74) is 4.61. The molecule has 1 amide bonds. The fraction of sp³-hybridized carbons (Fsp3) is 0.400. The molecule has 0 bridgehead atoms. The molecule has 6 nitrogen and oxygen atoms in total. The van der Waals surface area contributed by atoms with Gasteiger partial charge in [0.1, 0.15) is 6.61 Å². The first-order valence-electron chi connectivity index (χ1n) is 15.2. The molecule has 0 radical (unpaired) electrons. The third kappa shape index (κ3) is 6.37. The molecule has 3 aliphatic rings. The number of likely N-dealkylation sites (tertiary alicyclic amines) is 2. The van der Waals surface area contributed by atoms with Crippen molar-refractivity contribution in [2.24, 2.45) is 5.92 Å². The highest BCUT2D eigenvalue weighted by Gasteiger charge is 2.41. The Kier molecular flexibility index (Phi) is 8.58. The number of β-amino-alcohol motifs (C(OH)–C–C–N with tert-alkyl or cyclic N) is 1. The highest BCUT2D eigenvalue weighted by atomic mass is 19.1. The van der Waals surface area contributed by atoms with Gasteiger partial charge < -0.3 is 25.0 Å². The van der Waals surface area contributed by atoms with Crippen molar-refractivity contribution in [3.63, 3.8) is 0 Å². The van der Waals surface area contributed by atoms with Gasteiger partial charge in [-0.15, -0.1) is 0 Å². The molecule has 2 N–H and O–H groups in total. The predicted molar refractivity (Wildman–Crippen MR) is 164 cm³/mol. The van der Waals surface area contributed by atoms with Crippen LogP contribution in [0.5, 0.6) is 5.75 Å². The molecule has 3 aliphatic heterocycles. The van der Waals surface area contributed by atoms with Crippen LogP contribution in [0.4, 0.5) is 10.1 Å². The number of rotatable bonds is 8. The minimum absolute atomic E-state index is 0.0641. The Balaban J connectivity index is 0.952. The number of aliphatic hydroxyl groups is 1. The van der Waals surface area contributed by atoms with Gasteiger partial charge in [-0.05, 0) is 85.7 Å². The summed E-state index contributed by atoms with van der Waals surface area (Å²) < 4.78 is 20.0. The smallest absolute Gasteiger partial charge is 0.246 e. The molecule has 3 heterocycles. The van der Waals surface area contributed by atoms with Gasteiger partial charge >= 0.3 is 0 Å². The summed E-state index contributed by atoms with van der Waals surface area (Å²) in [6.45, 7) is 5.23. The molecule has 0 saturated carbocycles. The van der Waals surface area contributed by atoms with Crippen molar-refractivity contribution < 1.29 is 19.0 Å². The lowest BCUT2D eigenvalue weighted by Crippen LogP contribution is -2.48. The van der Waals surface area contributed by atoms with Gasteiger partial charge in [0.15, 0.2) is 11.6 Å². The number of hydrogen-bond donors (Lipinski definition) is 2. The molecule has 1 spiro atoms.